The smallest absolute Gasteiger partial charge is 0.220 e. The lowest BCUT2D eigenvalue weighted by Gasteiger charge is -2.26. The van der Waals surface area contributed by atoms with E-state index >= 15 is 0 Å². The molecule has 6 heteroatoms. The zero-order valence-corrected chi connectivity index (χ0v) is 15.8. The standard InChI is InChI=1S/C21H22FNO3S/c22-15-6-9-17-14(13-15)3-1-4-18(17)23-21(26)11-8-16(24)7-10-19(25)20-5-2-12-27-20/h2,5-6,9,12-13,18H,1,3-4,7-8,10-11H2,(H,23,26)/t18-/m0/s1. The Balaban J connectivity index is 1.43. The summed E-state index contributed by atoms with van der Waals surface area (Å²) in [4.78, 5) is 36.8. The van der Waals surface area contributed by atoms with Crippen LogP contribution < -0.4 is 5.32 Å². The number of carbonyl (C=O) groups excluding carboxylic acids is 3. The van der Waals surface area contributed by atoms with Crippen molar-refractivity contribution in [1.29, 1.82) is 0 Å². The average molecular weight is 387 g/mol. The number of rotatable bonds is 8. The Labute approximate surface area is 161 Å². The third-order valence-electron chi connectivity index (χ3n) is 4.81. The Hall–Kier alpha value is -2.34. The van der Waals surface area contributed by atoms with Gasteiger partial charge < -0.3 is 5.32 Å². The van der Waals surface area contributed by atoms with Gasteiger partial charge in [-0.2, -0.15) is 0 Å². The van der Waals surface area contributed by atoms with E-state index in [1.54, 1.807) is 12.1 Å². The average Bonchev–Trinajstić information content (AvgIpc) is 3.19. The summed E-state index contributed by atoms with van der Waals surface area (Å²) in [5.74, 6) is -0.562. The van der Waals surface area contributed by atoms with Gasteiger partial charge in [-0.3, -0.25) is 14.4 Å². The number of carbonyl (C=O) groups is 3. The van der Waals surface area contributed by atoms with Crippen molar-refractivity contribution in [2.75, 3.05) is 0 Å². The van der Waals surface area contributed by atoms with Crippen molar-refractivity contribution in [2.45, 2.75) is 51.0 Å². The molecule has 2 aromatic rings. The van der Waals surface area contributed by atoms with Gasteiger partial charge in [0.2, 0.25) is 5.91 Å². The van der Waals surface area contributed by atoms with Gasteiger partial charge in [0, 0.05) is 25.7 Å². The van der Waals surface area contributed by atoms with Gasteiger partial charge in [0.15, 0.2) is 5.78 Å². The SMILES string of the molecule is O=C(CCC(=O)N[C@H]1CCCc2cc(F)ccc21)CCC(=O)c1cccs1. The number of aryl methyl sites for hydroxylation is 1. The molecule has 1 aromatic carbocycles. The minimum atomic E-state index is -0.261. The lowest BCUT2D eigenvalue weighted by atomic mass is 9.87. The van der Waals surface area contributed by atoms with Crippen LogP contribution in [-0.4, -0.2) is 17.5 Å². The number of ketones is 2. The molecule has 0 saturated carbocycles. The summed E-state index contributed by atoms with van der Waals surface area (Å²) in [6.07, 6.45) is 3.11. The molecule has 1 amide bonds. The molecule has 142 valence electrons. The lowest BCUT2D eigenvalue weighted by molar-refractivity contribution is -0.126. The number of fused-ring (bicyclic) bond motifs is 1. The van der Waals surface area contributed by atoms with E-state index in [0.29, 0.717) is 4.88 Å². The third-order valence-corrected chi connectivity index (χ3v) is 5.72. The van der Waals surface area contributed by atoms with Crippen molar-refractivity contribution < 1.29 is 18.8 Å². The predicted octanol–water partition coefficient (Wildman–Crippen LogP) is 4.39. The predicted molar refractivity (Wildman–Crippen MR) is 102 cm³/mol. The summed E-state index contributed by atoms with van der Waals surface area (Å²) in [6.45, 7) is 0. The van der Waals surface area contributed by atoms with Gasteiger partial charge in [-0.05, 0) is 54.0 Å². The maximum Gasteiger partial charge on any atom is 0.220 e. The molecule has 0 radical (unpaired) electrons. The van der Waals surface area contributed by atoms with Crippen molar-refractivity contribution in [2.24, 2.45) is 0 Å². The van der Waals surface area contributed by atoms with Gasteiger partial charge in [-0.1, -0.05) is 12.1 Å². The van der Waals surface area contributed by atoms with E-state index in [1.165, 1.54) is 23.5 Å². The lowest BCUT2D eigenvalue weighted by Crippen LogP contribution is -2.31. The van der Waals surface area contributed by atoms with Crippen LogP contribution in [0.15, 0.2) is 35.7 Å². The highest BCUT2D eigenvalue weighted by Gasteiger charge is 2.22. The van der Waals surface area contributed by atoms with Crippen molar-refractivity contribution >= 4 is 28.8 Å². The zero-order chi connectivity index (χ0) is 19.2. The number of thiophene rings is 1. The van der Waals surface area contributed by atoms with Gasteiger partial charge in [-0.15, -0.1) is 11.3 Å². The second kappa shape index (κ2) is 9.04. The van der Waals surface area contributed by atoms with Crippen LogP contribution in [0.5, 0.6) is 0 Å². The van der Waals surface area contributed by atoms with E-state index in [9.17, 15) is 18.8 Å². The fraction of sp³-hybridized carbons (Fsp3) is 0.381. The molecule has 1 aliphatic carbocycles. The summed E-state index contributed by atoms with van der Waals surface area (Å²) in [7, 11) is 0. The molecule has 1 N–H and O–H groups in total. The third kappa shape index (κ3) is 5.32. The molecule has 0 saturated heterocycles. The Morgan fingerprint density at radius 2 is 1.93 bits per heavy atom. The minimum Gasteiger partial charge on any atom is -0.349 e. The first-order valence-corrected chi connectivity index (χ1v) is 10.1. The van der Waals surface area contributed by atoms with Gasteiger partial charge in [-0.25, -0.2) is 4.39 Å². The van der Waals surface area contributed by atoms with Crippen molar-refractivity contribution in [3.8, 4) is 0 Å². The van der Waals surface area contributed by atoms with Gasteiger partial charge in [0.1, 0.15) is 11.6 Å². The highest BCUT2D eigenvalue weighted by molar-refractivity contribution is 7.12. The molecule has 27 heavy (non-hydrogen) atoms. The Morgan fingerprint density at radius 3 is 2.70 bits per heavy atom. The number of halogens is 1. The Bertz CT molecular complexity index is 832. The van der Waals surface area contributed by atoms with Gasteiger partial charge in [0.25, 0.3) is 0 Å². The minimum absolute atomic E-state index is 0.0335. The van der Waals surface area contributed by atoms with Gasteiger partial charge >= 0.3 is 0 Å². The summed E-state index contributed by atoms with van der Waals surface area (Å²) >= 11 is 1.37. The van der Waals surface area contributed by atoms with Crippen molar-refractivity contribution in [3.05, 3.63) is 57.5 Å². The fourth-order valence-corrected chi connectivity index (χ4v) is 4.09. The molecule has 3 rings (SSSR count). The molecule has 1 heterocycles. The van der Waals surface area contributed by atoms with Crippen LogP contribution in [0.2, 0.25) is 0 Å². The topological polar surface area (TPSA) is 63.2 Å². The quantitative estimate of drug-likeness (QED) is 0.683. The van der Waals surface area contributed by atoms with E-state index in [2.05, 4.69) is 5.32 Å². The highest BCUT2D eigenvalue weighted by Crippen LogP contribution is 2.30. The molecule has 0 unspecified atom stereocenters. The van der Waals surface area contributed by atoms with Crippen molar-refractivity contribution in [3.63, 3.8) is 0 Å². The van der Waals surface area contributed by atoms with E-state index < -0.39 is 0 Å². The molecule has 0 aliphatic heterocycles. The van der Waals surface area contributed by atoms with Crippen LogP contribution in [0.25, 0.3) is 0 Å². The van der Waals surface area contributed by atoms with Crippen LogP contribution in [0.3, 0.4) is 0 Å². The molecule has 1 atom stereocenters. The number of nitrogens with one attached hydrogen (secondary N) is 1. The normalized spacial score (nSPS) is 15.8. The van der Waals surface area contributed by atoms with Gasteiger partial charge in [0.05, 0.1) is 10.9 Å². The number of hydrogen-bond acceptors (Lipinski definition) is 4. The molecular formula is C21H22FNO3S. The summed E-state index contributed by atoms with van der Waals surface area (Å²) in [5, 5.41) is 4.79. The first-order chi connectivity index (χ1) is 13.0. The molecule has 0 fully saturated rings. The second-order valence-corrected chi connectivity index (χ2v) is 7.74. The summed E-state index contributed by atoms with van der Waals surface area (Å²) < 4.78 is 13.4. The van der Waals surface area contributed by atoms with E-state index in [4.69, 9.17) is 0 Å². The Morgan fingerprint density at radius 1 is 1.11 bits per heavy atom. The largest absolute Gasteiger partial charge is 0.349 e. The molecule has 0 spiro atoms. The molecule has 1 aliphatic rings. The van der Waals surface area contributed by atoms with E-state index in [-0.39, 0.29) is 55.0 Å². The number of Topliss-reactive ketones (excluding diaryl/α,β-unsaturated/α-hetero) is 2. The maximum atomic E-state index is 13.4. The number of hydrogen-bond donors (Lipinski definition) is 1. The van der Waals surface area contributed by atoms with E-state index in [1.807, 2.05) is 11.4 Å². The summed E-state index contributed by atoms with van der Waals surface area (Å²) in [6, 6.07) is 8.10. The van der Waals surface area contributed by atoms with E-state index in [0.717, 1.165) is 30.4 Å². The molecule has 0 bridgehead atoms. The highest BCUT2D eigenvalue weighted by atomic mass is 32.1. The van der Waals surface area contributed by atoms with Crippen LogP contribution in [0.1, 0.15) is 65.4 Å². The Kier molecular flexibility index (Phi) is 6.50. The first kappa shape index (κ1) is 19.4. The first-order valence-electron chi connectivity index (χ1n) is 9.19. The van der Waals surface area contributed by atoms with Crippen LogP contribution >= 0.6 is 11.3 Å². The number of benzene rings is 1. The molecule has 1 aromatic heterocycles. The molecule has 4 nitrogen and oxygen atoms in total. The summed E-state index contributed by atoms with van der Waals surface area (Å²) in [5.41, 5.74) is 1.90. The molecular weight excluding hydrogens is 365 g/mol. The fourth-order valence-electron chi connectivity index (χ4n) is 3.39. The monoisotopic (exact) mass is 387 g/mol. The maximum absolute atomic E-state index is 13.4. The second-order valence-electron chi connectivity index (χ2n) is 6.79. The number of amides is 1. The van der Waals surface area contributed by atoms with Crippen LogP contribution in [0.4, 0.5) is 4.39 Å². The zero-order valence-electron chi connectivity index (χ0n) is 15.0. The van der Waals surface area contributed by atoms with Crippen LogP contribution in [-0.2, 0) is 16.0 Å². The van der Waals surface area contributed by atoms with Crippen LogP contribution in [0, 0.1) is 5.82 Å². The van der Waals surface area contributed by atoms with Crippen molar-refractivity contribution in [1.82, 2.24) is 5.32 Å².